The molecule has 0 aromatic carbocycles. The van der Waals surface area contributed by atoms with Crippen LogP contribution in [0.15, 0.2) is 18.3 Å². The van der Waals surface area contributed by atoms with E-state index in [2.05, 4.69) is 15.6 Å². The summed E-state index contributed by atoms with van der Waals surface area (Å²) in [4.78, 5) is 43.9. The van der Waals surface area contributed by atoms with Crippen LogP contribution in [0.2, 0.25) is 0 Å². The van der Waals surface area contributed by atoms with Crippen molar-refractivity contribution in [1.29, 1.82) is 0 Å². The van der Waals surface area contributed by atoms with E-state index in [4.69, 9.17) is 10.5 Å². The molecule has 0 bridgehead atoms. The van der Waals surface area contributed by atoms with Gasteiger partial charge in [0.05, 0.1) is 12.6 Å². The molecule has 0 unspecified atom stereocenters. The zero-order valence-electron chi connectivity index (χ0n) is 16.3. The number of carbonyl (C=O) groups is 3. The second-order valence-corrected chi connectivity index (χ2v) is 8.71. The molecule has 9 nitrogen and oxygen atoms in total. The second kappa shape index (κ2) is 6.90. The van der Waals surface area contributed by atoms with Gasteiger partial charge in [0.1, 0.15) is 12.2 Å². The lowest BCUT2D eigenvalue weighted by molar-refractivity contribution is -0.140. The van der Waals surface area contributed by atoms with Crippen LogP contribution in [0.25, 0.3) is 0 Å². The maximum atomic E-state index is 14.0. The number of nitrogens with zero attached hydrogens (tertiary/aromatic N) is 2. The highest BCUT2D eigenvalue weighted by Crippen LogP contribution is 2.42. The minimum atomic E-state index is -1.42. The quantitative estimate of drug-likeness (QED) is 0.620. The van der Waals surface area contributed by atoms with E-state index >= 15 is 0 Å². The summed E-state index contributed by atoms with van der Waals surface area (Å²) in [6, 6.07) is 1.77. The molecule has 3 fully saturated rings. The Balaban J connectivity index is 1.42. The van der Waals surface area contributed by atoms with E-state index in [1.54, 1.807) is 12.1 Å². The Bertz CT molecular complexity index is 913. The molecule has 160 valence electrons. The molecule has 30 heavy (non-hydrogen) atoms. The van der Waals surface area contributed by atoms with Crippen LogP contribution in [0.5, 0.6) is 5.75 Å². The number of ether oxygens (including phenoxy) is 1. The Hall–Kier alpha value is -2.75. The average Bonchev–Trinajstić information content (AvgIpc) is 3.31. The summed E-state index contributed by atoms with van der Waals surface area (Å²) >= 11 is 0. The van der Waals surface area contributed by atoms with Crippen LogP contribution < -0.4 is 21.1 Å². The minimum Gasteiger partial charge on any atom is -0.472 e. The fourth-order valence-electron chi connectivity index (χ4n) is 5.40. The van der Waals surface area contributed by atoms with E-state index in [1.165, 1.54) is 11.1 Å². The van der Waals surface area contributed by atoms with E-state index in [0.29, 0.717) is 31.0 Å². The lowest BCUT2D eigenvalue weighted by atomic mass is 9.77. The zero-order valence-corrected chi connectivity index (χ0v) is 16.3. The van der Waals surface area contributed by atoms with Crippen LogP contribution in [0.1, 0.15) is 25.7 Å². The number of fused-ring (bicyclic) bond motifs is 2. The topological polar surface area (TPSA) is 127 Å². The molecule has 3 amide bonds. The van der Waals surface area contributed by atoms with Gasteiger partial charge in [-0.1, -0.05) is 0 Å². The van der Waals surface area contributed by atoms with E-state index in [0.717, 1.165) is 6.42 Å². The molecule has 1 aliphatic carbocycles. The molecule has 2 saturated heterocycles. The Morgan fingerprint density at radius 3 is 3.00 bits per heavy atom. The van der Waals surface area contributed by atoms with Gasteiger partial charge in [0, 0.05) is 12.6 Å². The smallest absolute Gasteiger partial charge is 0.271 e. The van der Waals surface area contributed by atoms with Crippen molar-refractivity contribution in [2.45, 2.75) is 49.5 Å². The average molecular weight is 417 g/mol. The van der Waals surface area contributed by atoms with Gasteiger partial charge in [-0.05, 0) is 49.8 Å². The fraction of sp³-hybridized carbons (Fsp3) is 0.600. The van der Waals surface area contributed by atoms with Crippen molar-refractivity contribution >= 4 is 23.5 Å². The highest BCUT2D eigenvalue weighted by atomic mass is 19.1. The van der Waals surface area contributed by atoms with Gasteiger partial charge in [0.2, 0.25) is 17.4 Å². The highest BCUT2D eigenvalue weighted by molar-refractivity contribution is 6.02. The number of halogens is 1. The number of nitrogens with two attached hydrogens (primary N) is 1. The first-order valence-corrected chi connectivity index (χ1v) is 10.3. The number of hydrogen-bond acceptors (Lipinski definition) is 6. The first kappa shape index (κ1) is 19.2. The maximum Gasteiger partial charge on any atom is 0.271 e. The normalized spacial score (nSPS) is 37.3. The second-order valence-electron chi connectivity index (χ2n) is 8.71. The molecule has 6 atom stereocenters. The molecule has 0 radical (unpaired) electrons. The first-order valence-electron chi connectivity index (χ1n) is 10.3. The standard InChI is InChI=1S/C20H24FN5O4/c21-11-4-3-10-8-24-15(12(10)6-11)18(28)26-9-20(7-13(26)16(22)27)19(29)25-17-14(30-20)2-1-5-23-17/h1-2,5,10-13,15,24H,3-4,6-9H2,(H2,22,27)(H,23,25,29)/t10-,11+,12-,13-,15-,20+/m0/s1. The van der Waals surface area contributed by atoms with E-state index < -0.39 is 35.7 Å². The molecule has 4 aliphatic rings. The Morgan fingerprint density at radius 2 is 2.20 bits per heavy atom. The van der Waals surface area contributed by atoms with Gasteiger partial charge < -0.3 is 26.0 Å². The van der Waals surface area contributed by atoms with Crippen molar-refractivity contribution in [2.75, 3.05) is 18.4 Å². The van der Waals surface area contributed by atoms with E-state index in [9.17, 15) is 18.8 Å². The lowest BCUT2D eigenvalue weighted by Crippen LogP contribution is -2.55. The van der Waals surface area contributed by atoms with Crippen molar-refractivity contribution in [1.82, 2.24) is 15.2 Å². The van der Waals surface area contributed by atoms with E-state index in [1.807, 2.05) is 0 Å². The molecule has 1 spiro atoms. The monoisotopic (exact) mass is 417 g/mol. The summed E-state index contributed by atoms with van der Waals surface area (Å²) < 4.78 is 20.0. The number of primary amides is 1. The van der Waals surface area contributed by atoms with Crippen molar-refractivity contribution < 1.29 is 23.5 Å². The summed E-state index contributed by atoms with van der Waals surface area (Å²) in [5, 5.41) is 5.91. The minimum absolute atomic E-state index is 0.0409. The fourth-order valence-corrected chi connectivity index (χ4v) is 5.40. The van der Waals surface area contributed by atoms with Crippen LogP contribution in [0.4, 0.5) is 10.2 Å². The number of nitrogens with one attached hydrogen (secondary N) is 2. The number of likely N-dealkylation sites (tertiary alicyclic amines) is 1. The van der Waals surface area contributed by atoms with Gasteiger partial charge in [0.25, 0.3) is 5.91 Å². The summed E-state index contributed by atoms with van der Waals surface area (Å²) in [6.45, 7) is 0.540. The number of anilines is 1. The molecule has 4 N–H and O–H groups in total. The number of pyridine rings is 1. The Kier molecular flexibility index (Phi) is 4.42. The number of carbonyl (C=O) groups excluding carboxylic acids is 3. The third-order valence-electron chi connectivity index (χ3n) is 6.94. The number of amides is 3. The van der Waals surface area contributed by atoms with Crippen LogP contribution in [-0.4, -0.2) is 64.6 Å². The summed E-state index contributed by atoms with van der Waals surface area (Å²) in [5.41, 5.74) is 4.18. The maximum absolute atomic E-state index is 14.0. The van der Waals surface area contributed by atoms with Gasteiger partial charge in [0.15, 0.2) is 11.6 Å². The van der Waals surface area contributed by atoms with Crippen molar-refractivity contribution in [3.05, 3.63) is 18.3 Å². The van der Waals surface area contributed by atoms with Crippen LogP contribution in [0, 0.1) is 11.8 Å². The predicted octanol–water partition coefficient (Wildman–Crippen LogP) is -0.0363. The SMILES string of the molecule is NC(=O)[C@@H]1C[C@]2(CN1C(=O)[C@H]1NC[C@@H]3CC[C@@H](F)C[C@@H]31)Oc1cccnc1NC2=O. The molecule has 1 saturated carbocycles. The van der Waals surface area contributed by atoms with Crippen LogP contribution in [-0.2, 0) is 14.4 Å². The number of hydrogen-bond donors (Lipinski definition) is 3. The predicted molar refractivity (Wildman–Crippen MR) is 103 cm³/mol. The van der Waals surface area contributed by atoms with Gasteiger partial charge in [-0.3, -0.25) is 14.4 Å². The molecule has 3 aliphatic heterocycles. The third-order valence-corrected chi connectivity index (χ3v) is 6.94. The van der Waals surface area contributed by atoms with Gasteiger partial charge in [-0.25, -0.2) is 9.37 Å². The van der Waals surface area contributed by atoms with E-state index in [-0.39, 0.29) is 30.7 Å². The van der Waals surface area contributed by atoms with Crippen LogP contribution >= 0.6 is 0 Å². The zero-order chi connectivity index (χ0) is 21.0. The van der Waals surface area contributed by atoms with Crippen LogP contribution in [0.3, 0.4) is 0 Å². The summed E-state index contributed by atoms with van der Waals surface area (Å²) in [7, 11) is 0. The molecular formula is C20H24FN5O4. The van der Waals surface area contributed by atoms with Gasteiger partial charge in [-0.15, -0.1) is 0 Å². The third kappa shape index (κ3) is 2.92. The van der Waals surface area contributed by atoms with Gasteiger partial charge >= 0.3 is 0 Å². The largest absolute Gasteiger partial charge is 0.472 e. The summed E-state index contributed by atoms with van der Waals surface area (Å²) in [6.07, 6.45) is 2.14. The summed E-state index contributed by atoms with van der Waals surface area (Å²) in [5.74, 6) is -0.708. The van der Waals surface area contributed by atoms with Crippen molar-refractivity contribution in [2.24, 2.45) is 17.6 Å². The first-order chi connectivity index (χ1) is 14.4. The number of rotatable bonds is 2. The van der Waals surface area contributed by atoms with Crippen molar-refractivity contribution in [3.8, 4) is 5.75 Å². The molecular weight excluding hydrogens is 393 g/mol. The Labute approximate surface area is 172 Å². The van der Waals surface area contributed by atoms with Gasteiger partial charge in [-0.2, -0.15) is 0 Å². The number of aromatic nitrogens is 1. The Morgan fingerprint density at radius 1 is 1.37 bits per heavy atom. The lowest BCUT2D eigenvalue weighted by Gasteiger charge is -2.34. The molecule has 1 aromatic heterocycles. The molecule has 10 heteroatoms. The molecule has 5 rings (SSSR count). The molecule has 1 aromatic rings. The van der Waals surface area contributed by atoms with Crippen molar-refractivity contribution in [3.63, 3.8) is 0 Å². The highest BCUT2D eigenvalue weighted by Gasteiger charge is 2.58. The number of alkyl halides is 1. The molecule has 4 heterocycles.